The first kappa shape index (κ1) is 35.0. The van der Waals surface area contributed by atoms with Crippen LogP contribution in [0.2, 0.25) is 0 Å². The van der Waals surface area contributed by atoms with Crippen LogP contribution in [0.5, 0.6) is 0 Å². The first-order chi connectivity index (χ1) is 28.9. The predicted molar refractivity (Wildman–Crippen MR) is 249 cm³/mol. The second-order valence-corrected chi connectivity index (χ2v) is 16.9. The molecule has 0 saturated heterocycles. The third-order valence-corrected chi connectivity index (χ3v) is 12.5. The van der Waals surface area contributed by atoms with Gasteiger partial charge in [0.05, 0.1) is 16.6 Å². The molecule has 0 atom stereocenters. The van der Waals surface area contributed by atoms with Gasteiger partial charge in [0.25, 0.3) is 0 Å². The van der Waals surface area contributed by atoms with Crippen molar-refractivity contribution < 1.29 is 0 Å². The SMILES string of the molecule is CC(C)(C)n1c2ccccc2c2ccc(N(c3ccc4c(c3)-c3ccccc3C4(c3ccccc3)c3ccccc3)c3ccc4ccccc4c3-c3ccccc3)cc21. The highest BCUT2D eigenvalue weighted by Gasteiger charge is 2.46. The number of nitrogens with zero attached hydrogens (tertiary/aromatic N) is 2. The molecule has 0 spiro atoms. The zero-order valence-corrected chi connectivity index (χ0v) is 33.6. The average Bonchev–Trinajstić information content (AvgIpc) is 3.78. The first-order valence-electron chi connectivity index (χ1n) is 20.7. The molecule has 9 aromatic carbocycles. The van der Waals surface area contributed by atoms with Crippen molar-refractivity contribution in [1.29, 1.82) is 0 Å². The Labute approximate surface area is 346 Å². The van der Waals surface area contributed by atoms with E-state index >= 15 is 0 Å². The summed E-state index contributed by atoms with van der Waals surface area (Å²) < 4.78 is 2.52. The van der Waals surface area contributed by atoms with Crippen LogP contribution >= 0.6 is 0 Å². The predicted octanol–water partition coefficient (Wildman–Crippen LogP) is 15.2. The van der Waals surface area contributed by atoms with Gasteiger partial charge in [-0.2, -0.15) is 0 Å². The highest BCUT2D eigenvalue weighted by atomic mass is 15.1. The van der Waals surface area contributed by atoms with Crippen molar-refractivity contribution in [2.75, 3.05) is 4.90 Å². The quantitative estimate of drug-likeness (QED) is 0.164. The Morgan fingerprint density at radius 1 is 0.424 bits per heavy atom. The molecule has 2 heteroatoms. The van der Waals surface area contributed by atoms with E-state index in [-0.39, 0.29) is 5.54 Å². The molecule has 0 radical (unpaired) electrons. The van der Waals surface area contributed by atoms with Crippen LogP contribution in [0.15, 0.2) is 212 Å². The van der Waals surface area contributed by atoms with Gasteiger partial charge in [0, 0.05) is 38.8 Å². The molecule has 0 bridgehead atoms. The van der Waals surface area contributed by atoms with Gasteiger partial charge in [0.15, 0.2) is 0 Å². The summed E-state index contributed by atoms with van der Waals surface area (Å²) in [5, 5.41) is 4.99. The van der Waals surface area contributed by atoms with Crippen LogP contribution in [-0.2, 0) is 11.0 Å². The molecule has 1 aliphatic carbocycles. The lowest BCUT2D eigenvalue weighted by Gasteiger charge is -2.34. The van der Waals surface area contributed by atoms with E-state index in [1.807, 2.05) is 0 Å². The lowest BCUT2D eigenvalue weighted by molar-refractivity contribution is 0.423. The molecule has 0 amide bonds. The summed E-state index contributed by atoms with van der Waals surface area (Å²) in [6.45, 7) is 6.93. The summed E-state index contributed by atoms with van der Waals surface area (Å²) in [7, 11) is 0. The second-order valence-electron chi connectivity index (χ2n) is 16.9. The molecule has 0 saturated carbocycles. The number of benzene rings is 9. The van der Waals surface area contributed by atoms with Crippen molar-refractivity contribution >= 4 is 49.6 Å². The van der Waals surface area contributed by atoms with Crippen LogP contribution in [0.1, 0.15) is 43.0 Å². The lowest BCUT2D eigenvalue weighted by atomic mass is 9.68. The van der Waals surface area contributed by atoms with Crippen molar-refractivity contribution in [3.05, 3.63) is 235 Å². The van der Waals surface area contributed by atoms with Crippen molar-refractivity contribution in [1.82, 2.24) is 4.57 Å². The van der Waals surface area contributed by atoms with Gasteiger partial charge in [-0.15, -0.1) is 0 Å². The highest BCUT2D eigenvalue weighted by Crippen LogP contribution is 2.57. The van der Waals surface area contributed by atoms with E-state index in [0.717, 1.165) is 17.1 Å². The normalized spacial score (nSPS) is 13.1. The molecule has 1 aliphatic rings. The van der Waals surface area contributed by atoms with E-state index in [2.05, 4.69) is 243 Å². The van der Waals surface area contributed by atoms with Gasteiger partial charge < -0.3 is 9.47 Å². The van der Waals surface area contributed by atoms with Crippen LogP contribution in [0.3, 0.4) is 0 Å². The molecule has 0 aliphatic heterocycles. The summed E-state index contributed by atoms with van der Waals surface area (Å²) in [4.78, 5) is 2.51. The Bertz CT molecular complexity index is 3150. The number of hydrogen-bond acceptors (Lipinski definition) is 1. The second kappa shape index (κ2) is 13.5. The summed E-state index contributed by atoms with van der Waals surface area (Å²) in [5.41, 5.74) is 15.3. The molecule has 59 heavy (non-hydrogen) atoms. The van der Waals surface area contributed by atoms with E-state index in [1.54, 1.807) is 0 Å². The molecular weight excluding hydrogens is 713 g/mol. The minimum Gasteiger partial charge on any atom is -0.335 e. The Morgan fingerprint density at radius 2 is 0.983 bits per heavy atom. The maximum atomic E-state index is 2.52. The fraction of sp³-hybridized carbons (Fsp3) is 0.0877. The summed E-state index contributed by atoms with van der Waals surface area (Å²) in [6, 6.07) is 78.6. The number of rotatable bonds is 6. The van der Waals surface area contributed by atoms with Crippen LogP contribution < -0.4 is 4.90 Å². The lowest BCUT2D eigenvalue weighted by Crippen LogP contribution is -2.28. The molecule has 2 nitrogen and oxygen atoms in total. The van der Waals surface area contributed by atoms with E-state index in [9.17, 15) is 0 Å². The van der Waals surface area contributed by atoms with Gasteiger partial charge in [-0.1, -0.05) is 176 Å². The highest BCUT2D eigenvalue weighted by molar-refractivity contribution is 6.11. The molecule has 0 unspecified atom stereocenters. The van der Waals surface area contributed by atoms with Gasteiger partial charge in [0.1, 0.15) is 0 Å². The van der Waals surface area contributed by atoms with E-state index in [1.165, 1.54) is 77.1 Å². The number of fused-ring (bicyclic) bond motifs is 7. The Balaban J connectivity index is 1.23. The van der Waals surface area contributed by atoms with Crippen LogP contribution in [0, 0.1) is 0 Å². The Kier molecular flexibility index (Phi) is 8.00. The van der Waals surface area contributed by atoms with E-state index in [0.29, 0.717) is 0 Å². The van der Waals surface area contributed by atoms with Gasteiger partial charge in [-0.3, -0.25) is 0 Å². The zero-order chi connectivity index (χ0) is 39.7. The molecular formula is C57H44N2. The fourth-order valence-corrected chi connectivity index (χ4v) is 10.2. The van der Waals surface area contributed by atoms with Crippen molar-refractivity contribution in [2.45, 2.75) is 31.7 Å². The number of aromatic nitrogens is 1. The van der Waals surface area contributed by atoms with E-state index in [4.69, 9.17) is 0 Å². The first-order valence-corrected chi connectivity index (χ1v) is 20.7. The molecule has 10 aromatic rings. The Morgan fingerprint density at radius 3 is 1.71 bits per heavy atom. The number of hydrogen-bond donors (Lipinski definition) is 0. The number of para-hydroxylation sites is 1. The smallest absolute Gasteiger partial charge is 0.0713 e. The van der Waals surface area contributed by atoms with Crippen LogP contribution in [0.25, 0.3) is 54.8 Å². The molecule has 282 valence electrons. The topological polar surface area (TPSA) is 8.17 Å². The number of anilines is 3. The molecule has 1 aromatic heterocycles. The maximum absolute atomic E-state index is 2.52. The zero-order valence-electron chi connectivity index (χ0n) is 33.6. The molecule has 11 rings (SSSR count). The van der Waals surface area contributed by atoms with Gasteiger partial charge in [-0.25, -0.2) is 0 Å². The molecule has 0 fully saturated rings. The summed E-state index contributed by atoms with van der Waals surface area (Å²) >= 11 is 0. The third kappa shape index (κ3) is 5.33. The van der Waals surface area contributed by atoms with Gasteiger partial charge >= 0.3 is 0 Å². The molecule has 0 N–H and O–H groups in total. The van der Waals surface area contributed by atoms with Crippen LogP contribution in [0.4, 0.5) is 17.1 Å². The maximum Gasteiger partial charge on any atom is 0.0713 e. The van der Waals surface area contributed by atoms with Crippen molar-refractivity contribution in [3.63, 3.8) is 0 Å². The molecule has 1 heterocycles. The largest absolute Gasteiger partial charge is 0.335 e. The standard InChI is InChI=1S/C57H44N2/c1-56(2,3)59-52-30-18-16-28-47(52)48-34-32-44(38-54(48)59)58(53-36-31-39-19-13-14-26-45(39)55(53)40-20-7-4-8-21-40)43-33-35-51-49(37-43)46-27-15-17-29-50(46)57(51,41-22-9-5-10-23-41)42-24-11-6-12-25-42/h4-38H,1-3H3. The van der Waals surface area contributed by atoms with Gasteiger partial charge in [0.2, 0.25) is 0 Å². The fourth-order valence-electron chi connectivity index (χ4n) is 10.2. The van der Waals surface area contributed by atoms with Crippen molar-refractivity contribution in [3.8, 4) is 22.3 Å². The van der Waals surface area contributed by atoms with Gasteiger partial charge in [-0.05, 0) is 107 Å². The summed E-state index contributed by atoms with van der Waals surface area (Å²) in [6.07, 6.45) is 0. The van der Waals surface area contributed by atoms with Crippen molar-refractivity contribution in [2.24, 2.45) is 0 Å². The van der Waals surface area contributed by atoms with E-state index < -0.39 is 5.41 Å². The average molecular weight is 757 g/mol. The third-order valence-electron chi connectivity index (χ3n) is 12.5. The van der Waals surface area contributed by atoms with Crippen LogP contribution in [-0.4, -0.2) is 4.57 Å². The monoisotopic (exact) mass is 756 g/mol. The Hall–Kier alpha value is -7.16. The minimum atomic E-state index is -0.470. The summed E-state index contributed by atoms with van der Waals surface area (Å²) in [5.74, 6) is 0. The minimum absolute atomic E-state index is 0.140.